The fourth-order valence-electron chi connectivity index (χ4n) is 11.7. The molecule has 0 aromatic carbocycles. The number of nitrogens with one attached hydrogen (secondary N) is 1. The number of amides is 1. The molecule has 3 heterocycles. The maximum Gasteiger partial charge on any atom is 0.220 e. The van der Waals surface area contributed by atoms with E-state index >= 15 is 0 Å². The van der Waals surface area contributed by atoms with Crippen molar-refractivity contribution in [1.82, 2.24) is 5.32 Å². The summed E-state index contributed by atoms with van der Waals surface area (Å²) in [6.45, 7) is 1.67. The maximum absolute atomic E-state index is 13.4. The predicted octanol–water partition coefficient (Wildman–Crippen LogP) is 9.88. The minimum Gasteiger partial charge on any atom is -0.394 e. The molecule has 532 valence electrons. The molecular formula is C73H127NO18. The van der Waals surface area contributed by atoms with Crippen LogP contribution in [0.5, 0.6) is 0 Å². The van der Waals surface area contributed by atoms with Gasteiger partial charge in [0.2, 0.25) is 5.91 Å². The summed E-state index contributed by atoms with van der Waals surface area (Å²) in [6, 6.07) is -0.891. The highest BCUT2D eigenvalue weighted by Gasteiger charge is 2.53. The summed E-state index contributed by atoms with van der Waals surface area (Å²) in [4.78, 5) is 13.4. The van der Waals surface area contributed by atoms with Crippen molar-refractivity contribution in [3.63, 3.8) is 0 Å². The summed E-state index contributed by atoms with van der Waals surface area (Å²) >= 11 is 0. The van der Waals surface area contributed by atoms with Gasteiger partial charge in [-0.15, -0.1) is 0 Å². The smallest absolute Gasteiger partial charge is 0.220 e. The number of allylic oxidation sites excluding steroid dienone is 14. The van der Waals surface area contributed by atoms with Crippen molar-refractivity contribution in [3.8, 4) is 0 Å². The average Bonchev–Trinajstić information content (AvgIpc) is 0.830. The molecule has 19 nitrogen and oxygen atoms in total. The van der Waals surface area contributed by atoms with Crippen LogP contribution in [-0.2, 0) is 33.2 Å². The lowest BCUT2D eigenvalue weighted by molar-refractivity contribution is -0.379. The summed E-state index contributed by atoms with van der Waals surface area (Å²) in [5.74, 6) is -0.247. The van der Waals surface area contributed by atoms with Gasteiger partial charge in [0.15, 0.2) is 18.9 Å². The van der Waals surface area contributed by atoms with Gasteiger partial charge in [0.05, 0.1) is 38.6 Å². The zero-order valence-corrected chi connectivity index (χ0v) is 56.3. The van der Waals surface area contributed by atoms with Gasteiger partial charge >= 0.3 is 0 Å². The summed E-state index contributed by atoms with van der Waals surface area (Å²) in [5, 5.41) is 121. The lowest BCUT2D eigenvalue weighted by Crippen LogP contribution is -2.66. The minimum absolute atomic E-state index is 0.247. The fourth-order valence-corrected chi connectivity index (χ4v) is 11.7. The molecule has 0 aliphatic carbocycles. The first-order chi connectivity index (χ1) is 44.8. The zero-order valence-electron chi connectivity index (χ0n) is 56.3. The van der Waals surface area contributed by atoms with Crippen LogP contribution in [0.25, 0.3) is 0 Å². The Morgan fingerprint density at radius 1 is 0.402 bits per heavy atom. The van der Waals surface area contributed by atoms with Crippen LogP contribution in [0.3, 0.4) is 0 Å². The SMILES string of the molecule is CC/C=C\C/C=C\C/C=C\C/C=C\C/C=C\C/C=C\C/C=C\CCCCCCCCCCCCCCCC(=O)NC(COC1OC(CO)C(OC2OC(CO)C(OC3OC(CO)C(O)C(O)C3O)C(O)C2O)C(O)C1O)C(O)CCCCCCCCCCCCCC. The molecule has 17 unspecified atom stereocenters. The number of rotatable bonds is 54. The number of aliphatic hydroxyl groups is 11. The molecule has 17 atom stereocenters. The highest BCUT2D eigenvalue weighted by atomic mass is 16.8. The van der Waals surface area contributed by atoms with E-state index in [2.05, 4.69) is 104 Å². The van der Waals surface area contributed by atoms with Gasteiger partial charge in [-0.2, -0.15) is 0 Å². The van der Waals surface area contributed by atoms with E-state index in [0.717, 1.165) is 96.3 Å². The number of aliphatic hydroxyl groups excluding tert-OH is 11. The highest BCUT2D eigenvalue weighted by Crippen LogP contribution is 2.33. The molecule has 0 aromatic rings. The Morgan fingerprint density at radius 2 is 0.750 bits per heavy atom. The van der Waals surface area contributed by atoms with Gasteiger partial charge in [0, 0.05) is 6.42 Å². The number of carbonyl (C=O) groups is 1. The highest BCUT2D eigenvalue weighted by molar-refractivity contribution is 5.76. The first-order valence-electron chi connectivity index (χ1n) is 35.8. The van der Waals surface area contributed by atoms with Crippen molar-refractivity contribution in [2.45, 2.75) is 343 Å². The third kappa shape index (κ3) is 35.3. The van der Waals surface area contributed by atoms with Crippen LogP contribution >= 0.6 is 0 Å². The molecule has 0 aromatic heterocycles. The van der Waals surface area contributed by atoms with Crippen LogP contribution in [0.1, 0.15) is 239 Å². The molecular weight excluding hydrogens is 1180 g/mol. The zero-order chi connectivity index (χ0) is 66.8. The van der Waals surface area contributed by atoms with E-state index < -0.39 is 124 Å². The molecule has 3 aliphatic rings. The van der Waals surface area contributed by atoms with Gasteiger partial charge < -0.3 is 89.9 Å². The second-order valence-corrected chi connectivity index (χ2v) is 25.3. The number of carbonyl (C=O) groups excluding carboxylic acids is 1. The predicted molar refractivity (Wildman–Crippen MR) is 360 cm³/mol. The molecule has 12 N–H and O–H groups in total. The molecule has 0 saturated carbocycles. The molecule has 3 rings (SSSR count). The Hall–Kier alpha value is -3.03. The van der Waals surface area contributed by atoms with Crippen LogP contribution in [0.4, 0.5) is 0 Å². The minimum atomic E-state index is -1.97. The van der Waals surface area contributed by atoms with Crippen LogP contribution in [-0.4, -0.2) is 193 Å². The fraction of sp³-hybridized carbons (Fsp3) is 0.795. The second-order valence-electron chi connectivity index (χ2n) is 25.3. The Balaban J connectivity index is 1.34. The molecule has 1 amide bonds. The Labute approximate surface area is 552 Å². The molecule has 3 fully saturated rings. The molecule has 0 radical (unpaired) electrons. The molecule has 0 bridgehead atoms. The van der Waals surface area contributed by atoms with Crippen molar-refractivity contribution in [2.24, 2.45) is 0 Å². The van der Waals surface area contributed by atoms with Gasteiger partial charge in [-0.05, 0) is 70.6 Å². The van der Waals surface area contributed by atoms with Gasteiger partial charge in [-0.3, -0.25) is 4.79 Å². The largest absolute Gasteiger partial charge is 0.394 e. The van der Waals surface area contributed by atoms with Gasteiger partial charge in [-0.1, -0.05) is 247 Å². The lowest BCUT2D eigenvalue weighted by Gasteiger charge is -2.48. The third-order valence-electron chi connectivity index (χ3n) is 17.5. The van der Waals surface area contributed by atoms with E-state index in [4.69, 9.17) is 28.4 Å². The van der Waals surface area contributed by atoms with Crippen molar-refractivity contribution in [3.05, 3.63) is 85.1 Å². The first-order valence-corrected chi connectivity index (χ1v) is 35.8. The second kappa shape index (κ2) is 54.0. The van der Waals surface area contributed by atoms with E-state index in [-0.39, 0.29) is 18.9 Å². The molecule has 19 heteroatoms. The molecule has 92 heavy (non-hydrogen) atoms. The van der Waals surface area contributed by atoms with Crippen LogP contribution < -0.4 is 5.32 Å². The van der Waals surface area contributed by atoms with Crippen molar-refractivity contribution in [1.29, 1.82) is 0 Å². The Bertz CT molecular complexity index is 2000. The maximum atomic E-state index is 13.4. The molecule has 0 spiro atoms. The standard InChI is InChI=1S/C73H127NO18/c1-3-5-7-9-11-13-15-17-18-19-20-21-22-23-24-25-26-27-28-29-30-31-32-33-34-35-36-37-38-39-41-43-45-47-49-51-61(79)74-56(57(78)50-48-46-44-42-40-16-14-12-10-8-6-4-2)55-87-71-67(85)64(82)69(59(53-76)89-71)92-73-68(86)65(83)70(60(54-77)90-73)91-72-66(84)63(81)62(80)58(52-75)88-72/h5,7,11,13,17-18,20-21,23-24,26-27,29-30,56-60,62-73,75-78,80-86H,3-4,6,8-10,12,14-16,19,22,25,28,31-55H2,1-2H3,(H,74,79)/b7-5-,13-11-,18-17-,21-20-,24-23-,27-26-,30-29-. The summed E-state index contributed by atoms with van der Waals surface area (Å²) in [6.07, 6.45) is 42.5. The van der Waals surface area contributed by atoms with Crippen molar-refractivity contribution in [2.75, 3.05) is 26.4 Å². The summed E-state index contributed by atoms with van der Waals surface area (Å²) in [7, 11) is 0. The third-order valence-corrected chi connectivity index (χ3v) is 17.5. The Kier molecular flexibility index (Phi) is 48.9. The monoisotopic (exact) mass is 1310 g/mol. The summed E-state index contributed by atoms with van der Waals surface area (Å²) < 4.78 is 34.4. The van der Waals surface area contributed by atoms with Gasteiger partial charge in [0.1, 0.15) is 73.2 Å². The van der Waals surface area contributed by atoms with E-state index in [1.54, 1.807) is 0 Å². The van der Waals surface area contributed by atoms with E-state index in [0.29, 0.717) is 12.8 Å². The van der Waals surface area contributed by atoms with E-state index in [1.165, 1.54) is 109 Å². The van der Waals surface area contributed by atoms with E-state index in [9.17, 15) is 61.0 Å². The van der Waals surface area contributed by atoms with Crippen LogP contribution in [0, 0.1) is 0 Å². The van der Waals surface area contributed by atoms with Crippen LogP contribution in [0.2, 0.25) is 0 Å². The van der Waals surface area contributed by atoms with Crippen molar-refractivity contribution < 1.29 is 89.4 Å². The number of hydrogen-bond donors (Lipinski definition) is 12. The Morgan fingerprint density at radius 3 is 1.17 bits per heavy atom. The average molecular weight is 1310 g/mol. The first kappa shape index (κ1) is 83.2. The number of unbranched alkanes of at least 4 members (excludes halogenated alkanes) is 24. The van der Waals surface area contributed by atoms with Crippen LogP contribution in [0.15, 0.2) is 85.1 Å². The number of hydrogen-bond acceptors (Lipinski definition) is 18. The summed E-state index contributed by atoms with van der Waals surface area (Å²) in [5.41, 5.74) is 0. The number of ether oxygens (including phenoxy) is 6. The van der Waals surface area contributed by atoms with Crippen molar-refractivity contribution >= 4 is 5.91 Å². The van der Waals surface area contributed by atoms with Gasteiger partial charge in [-0.25, -0.2) is 0 Å². The quantitative estimate of drug-likeness (QED) is 0.0199. The molecule has 3 aliphatic heterocycles. The lowest BCUT2D eigenvalue weighted by atomic mass is 9.96. The van der Waals surface area contributed by atoms with E-state index in [1.807, 2.05) is 0 Å². The topological polar surface area (TPSA) is 307 Å². The van der Waals surface area contributed by atoms with Gasteiger partial charge in [0.25, 0.3) is 0 Å². The normalized spacial score (nSPS) is 28.2. The molecule has 3 saturated heterocycles.